The Balaban J connectivity index is 1.32. The first-order valence-corrected chi connectivity index (χ1v) is 12.6. The molecule has 1 aromatic carbocycles. The second kappa shape index (κ2) is 9.77. The summed E-state index contributed by atoms with van der Waals surface area (Å²) >= 11 is 1.32. The number of aromatic nitrogens is 4. The molecule has 0 radical (unpaired) electrons. The normalized spacial score (nSPS) is 22.1. The Morgan fingerprint density at radius 3 is 2.88 bits per heavy atom. The molecule has 2 saturated carbocycles. The van der Waals surface area contributed by atoms with Crippen molar-refractivity contribution in [2.24, 2.45) is 17.8 Å². The number of hydrogen-bond donors (Lipinski definition) is 1. The van der Waals surface area contributed by atoms with Crippen molar-refractivity contribution in [2.45, 2.75) is 57.3 Å². The van der Waals surface area contributed by atoms with Crippen LogP contribution in [0.2, 0.25) is 0 Å². The van der Waals surface area contributed by atoms with E-state index in [4.69, 9.17) is 9.26 Å². The van der Waals surface area contributed by atoms with E-state index in [1.165, 1.54) is 43.5 Å². The first-order valence-electron chi connectivity index (χ1n) is 11.6. The summed E-state index contributed by atoms with van der Waals surface area (Å²) in [6.07, 6.45) is 5.08. The molecule has 3 aromatic rings. The van der Waals surface area contributed by atoms with E-state index >= 15 is 0 Å². The average molecular weight is 486 g/mol. The highest BCUT2D eigenvalue weighted by atomic mass is 32.2. The monoisotopic (exact) mass is 485 g/mol. The van der Waals surface area contributed by atoms with Gasteiger partial charge >= 0.3 is 0 Å². The largest absolute Gasteiger partial charge is 0.483 e. The molecule has 5 rings (SSSR count). The van der Waals surface area contributed by atoms with Gasteiger partial charge in [0.2, 0.25) is 5.91 Å². The van der Waals surface area contributed by atoms with Gasteiger partial charge in [0.1, 0.15) is 12.4 Å². The number of ether oxygens (including phenoxy) is 1. The highest BCUT2D eigenvalue weighted by molar-refractivity contribution is 7.99. The molecule has 2 fully saturated rings. The maximum atomic E-state index is 14.1. The molecule has 4 unspecified atom stereocenters. The number of hydrogen-bond acceptors (Lipinski definition) is 7. The SMILES string of the molecule is Cc1cc(NC(=O)CSc2nnc(COc3ccccc3F)n2C(C)C2CC3CCC2C3)no1. The quantitative estimate of drug-likeness (QED) is 0.425. The number of thioether (sulfide) groups is 1. The number of nitrogens with zero attached hydrogens (tertiary/aromatic N) is 4. The predicted molar refractivity (Wildman–Crippen MR) is 125 cm³/mol. The fraction of sp³-hybridized carbons (Fsp3) is 0.500. The molecule has 2 aliphatic rings. The summed E-state index contributed by atoms with van der Waals surface area (Å²) in [5, 5.41) is 15.9. The Labute approximate surface area is 201 Å². The number of fused-ring (bicyclic) bond motifs is 2. The Bertz CT molecular complexity index is 1170. The van der Waals surface area contributed by atoms with Gasteiger partial charge in [0, 0.05) is 12.1 Å². The first-order chi connectivity index (χ1) is 16.5. The molecule has 0 aliphatic heterocycles. The molecule has 1 N–H and O–H groups in total. The molecule has 4 atom stereocenters. The molecule has 2 bridgehead atoms. The fourth-order valence-corrected chi connectivity index (χ4v) is 6.27. The minimum atomic E-state index is -0.413. The highest BCUT2D eigenvalue weighted by Crippen LogP contribution is 2.52. The van der Waals surface area contributed by atoms with Crippen LogP contribution < -0.4 is 10.1 Å². The molecular formula is C24H28FN5O3S. The molecule has 10 heteroatoms. The third kappa shape index (κ3) is 4.82. The van der Waals surface area contributed by atoms with Gasteiger partial charge in [0.15, 0.2) is 28.4 Å². The summed E-state index contributed by atoms with van der Waals surface area (Å²) in [5.41, 5.74) is 0. The van der Waals surface area contributed by atoms with E-state index in [0.29, 0.717) is 34.4 Å². The number of rotatable bonds is 9. The topological polar surface area (TPSA) is 95.1 Å². The molecule has 180 valence electrons. The summed E-state index contributed by atoms with van der Waals surface area (Å²) < 4.78 is 26.9. The lowest BCUT2D eigenvalue weighted by atomic mass is 9.84. The molecule has 2 aromatic heterocycles. The standard InChI is InChI=1S/C24H28FN5O3S/c1-14-9-21(29-33-14)26-23(31)13-34-24-28-27-22(12-32-20-6-4-3-5-19(20)25)30(24)15(2)18-11-16-7-8-17(18)10-16/h3-6,9,15-18H,7-8,10-13H2,1-2H3,(H,26,29,31). The van der Waals surface area contributed by atoms with Crippen LogP contribution in [0.3, 0.4) is 0 Å². The summed E-state index contributed by atoms with van der Waals surface area (Å²) in [4.78, 5) is 12.5. The maximum absolute atomic E-state index is 14.1. The fourth-order valence-electron chi connectivity index (χ4n) is 5.43. The van der Waals surface area contributed by atoms with Crippen molar-refractivity contribution < 1.29 is 18.4 Å². The van der Waals surface area contributed by atoms with Crippen LogP contribution in [0, 0.1) is 30.5 Å². The van der Waals surface area contributed by atoms with E-state index < -0.39 is 5.82 Å². The second-order valence-corrected chi connectivity index (χ2v) is 10.2. The molecule has 1 amide bonds. The maximum Gasteiger partial charge on any atom is 0.236 e. The number of para-hydroxylation sites is 1. The minimum Gasteiger partial charge on any atom is -0.483 e. The lowest BCUT2D eigenvalue weighted by Crippen LogP contribution is -2.25. The number of amides is 1. The van der Waals surface area contributed by atoms with Crippen molar-refractivity contribution in [3.63, 3.8) is 0 Å². The van der Waals surface area contributed by atoms with E-state index in [-0.39, 0.29) is 30.1 Å². The lowest BCUT2D eigenvalue weighted by molar-refractivity contribution is -0.113. The van der Waals surface area contributed by atoms with Gasteiger partial charge in [-0.2, -0.15) is 0 Å². The van der Waals surface area contributed by atoms with E-state index in [0.717, 1.165) is 5.92 Å². The van der Waals surface area contributed by atoms with Crippen LogP contribution in [0.4, 0.5) is 10.2 Å². The van der Waals surface area contributed by atoms with Gasteiger partial charge in [-0.15, -0.1) is 10.2 Å². The van der Waals surface area contributed by atoms with Gasteiger partial charge < -0.3 is 14.6 Å². The molecule has 2 aliphatic carbocycles. The Kier molecular flexibility index (Phi) is 6.58. The Hall–Kier alpha value is -2.88. The third-order valence-corrected chi connectivity index (χ3v) is 7.92. The summed E-state index contributed by atoms with van der Waals surface area (Å²) in [6.45, 7) is 4.07. The second-order valence-electron chi connectivity index (χ2n) is 9.23. The number of carbonyl (C=O) groups excluding carboxylic acids is 1. The van der Waals surface area contributed by atoms with Crippen LogP contribution in [-0.4, -0.2) is 31.6 Å². The van der Waals surface area contributed by atoms with Gasteiger partial charge in [0.25, 0.3) is 0 Å². The number of benzene rings is 1. The molecular weight excluding hydrogens is 457 g/mol. The Morgan fingerprint density at radius 1 is 1.32 bits per heavy atom. The van der Waals surface area contributed by atoms with Crippen LogP contribution >= 0.6 is 11.8 Å². The van der Waals surface area contributed by atoms with Crippen molar-refractivity contribution in [1.29, 1.82) is 0 Å². The number of anilines is 1. The zero-order valence-corrected chi connectivity index (χ0v) is 20.1. The summed E-state index contributed by atoms with van der Waals surface area (Å²) in [5.74, 6) is 3.42. The van der Waals surface area contributed by atoms with Crippen molar-refractivity contribution in [1.82, 2.24) is 19.9 Å². The van der Waals surface area contributed by atoms with Gasteiger partial charge in [-0.3, -0.25) is 9.36 Å². The van der Waals surface area contributed by atoms with E-state index in [1.807, 2.05) is 0 Å². The van der Waals surface area contributed by atoms with Gasteiger partial charge in [-0.25, -0.2) is 4.39 Å². The molecule has 0 saturated heterocycles. The van der Waals surface area contributed by atoms with Crippen LogP contribution in [-0.2, 0) is 11.4 Å². The van der Waals surface area contributed by atoms with Crippen molar-refractivity contribution in [3.8, 4) is 5.75 Å². The minimum absolute atomic E-state index is 0.101. The predicted octanol–water partition coefficient (Wildman–Crippen LogP) is 5.02. The first kappa shape index (κ1) is 22.9. The number of aryl methyl sites for hydroxylation is 1. The van der Waals surface area contributed by atoms with E-state index in [2.05, 4.69) is 32.2 Å². The summed E-state index contributed by atoms with van der Waals surface area (Å²) in [6, 6.07) is 8.16. The average Bonchev–Trinajstić information content (AvgIpc) is 3.62. The number of carbonyl (C=O) groups is 1. The Morgan fingerprint density at radius 2 is 2.18 bits per heavy atom. The van der Waals surface area contributed by atoms with Crippen LogP contribution in [0.25, 0.3) is 0 Å². The number of halogens is 1. The zero-order chi connectivity index (χ0) is 23.7. The van der Waals surface area contributed by atoms with Crippen molar-refractivity contribution in [3.05, 3.63) is 47.7 Å². The number of nitrogens with one attached hydrogen (secondary N) is 1. The smallest absolute Gasteiger partial charge is 0.236 e. The van der Waals surface area contributed by atoms with Crippen LogP contribution in [0.1, 0.15) is 50.2 Å². The van der Waals surface area contributed by atoms with Crippen molar-refractivity contribution >= 4 is 23.5 Å². The molecule has 8 nitrogen and oxygen atoms in total. The summed E-state index contributed by atoms with van der Waals surface area (Å²) in [7, 11) is 0. The molecule has 2 heterocycles. The van der Waals surface area contributed by atoms with E-state index in [1.54, 1.807) is 31.2 Å². The van der Waals surface area contributed by atoms with Crippen molar-refractivity contribution in [2.75, 3.05) is 11.1 Å². The van der Waals surface area contributed by atoms with Gasteiger partial charge in [-0.1, -0.05) is 35.5 Å². The highest BCUT2D eigenvalue weighted by Gasteiger charge is 2.43. The molecule has 0 spiro atoms. The third-order valence-electron chi connectivity index (χ3n) is 6.98. The lowest BCUT2D eigenvalue weighted by Gasteiger charge is -2.30. The zero-order valence-electron chi connectivity index (χ0n) is 19.2. The van der Waals surface area contributed by atoms with Gasteiger partial charge in [-0.05, 0) is 63.0 Å². The van der Waals surface area contributed by atoms with Gasteiger partial charge in [0.05, 0.1) is 5.75 Å². The van der Waals surface area contributed by atoms with Crippen LogP contribution in [0.5, 0.6) is 5.75 Å². The molecule has 34 heavy (non-hydrogen) atoms. The van der Waals surface area contributed by atoms with E-state index in [9.17, 15) is 9.18 Å². The van der Waals surface area contributed by atoms with Crippen LogP contribution in [0.15, 0.2) is 40.0 Å².